The maximum atomic E-state index is 13.8. The first-order valence-electron chi connectivity index (χ1n) is 9.65. The normalized spacial score (nSPS) is 19.5. The summed E-state index contributed by atoms with van der Waals surface area (Å²) in [7, 11) is 0. The van der Waals surface area contributed by atoms with Crippen molar-refractivity contribution in [3.63, 3.8) is 0 Å². The van der Waals surface area contributed by atoms with E-state index in [1.807, 2.05) is 0 Å². The number of rotatable bonds is 5. The summed E-state index contributed by atoms with van der Waals surface area (Å²) in [5.41, 5.74) is -0.233. The van der Waals surface area contributed by atoms with E-state index >= 15 is 0 Å². The van der Waals surface area contributed by atoms with Crippen molar-refractivity contribution in [2.24, 2.45) is 5.10 Å². The van der Waals surface area contributed by atoms with Crippen molar-refractivity contribution in [3.05, 3.63) is 53.7 Å². The molecule has 0 bridgehead atoms. The first-order valence-corrected chi connectivity index (χ1v) is 10.0. The van der Waals surface area contributed by atoms with E-state index in [1.165, 1.54) is 11.2 Å². The Bertz CT molecular complexity index is 1020. The molecule has 170 valence electrons. The van der Waals surface area contributed by atoms with Gasteiger partial charge in [-0.2, -0.15) is 5.10 Å². The highest BCUT2D eigenvalue weighted by Crippen LogP contribution is 2.24. The van der Waals surface area contributed by atoms with Crippen molar-refractivity contribution in [3.8, 4) is 0 Å². The van der Waals surface area contributed by atoms with Crippen LogP contribution in [0, 0.1) is 5.82 Å². The van der Waals surface area contributed by atoms with Gasteiger partial charge in [0, 0.05) is 44.9 Å². The molecule has 3 heterocycles. The molecule has 2 aliphatic rings. The number of carbonyl (C=O) groups excluding carboxylic acids is 2. The first-order chi connectivity index (χ1) is 15.2. The van der Waals surface area contributed by atoms with Crippen LogP contribution in [0.2, 0.25) is 0 Å². The van der Waals surface area contributed by atoms with Gasteiger partial charge in [-0.15, -0.1) is 0 Å². The van der Waals surface area contributed by atoms with Gasteiger partial charge in [-0.05, 0) is 30.2 Å². The van der Waals surface area contributed by atoms with E-state index in [-0.39, 0.29) is 24.6 Å². The molecule has 1 aromatic heterocycles. The number of aromatic nitrogens is 2. The summed E-state index contributed by atoms with van der Waals surface area (Å²) >= 11 is 5.34. The molecule has 8 nitrogen and oxygen atoms in total. The molecule has 0 spiro atoms. The standard InChI is InChI=1S/C20H20ClF3N6O2/c1-12(9-14(23)10-13(2)22)16-3-4-26-30(16)20(32)29-7-5-28(6-8-29)19-25-11-15(24)17(27-19)18(21)31/h4,9-11,16H,1,3,5-8H2,2H3/b13-10+,14-9+/t16-/m0/s1. The van der Waals surface area contributed by atoms with Gasteiger partial charge in [0.25, 0.3) is 5.24 Å². The molecular weight excluding hydrogens is 449 g/mol. The molecule has 0 aromatic carbocycles. The van der Waals surface area contributed by atoms with Crippen molar-refractivity contribution < 1.29 is 22.8 Å². The number of hydrazone groups is 1. The van der Waals surface area contributed by atoms with Crippen LogP contribution in [0.15, 0.2) is 47.3 Å². The van der Waals surface area contributed by atoms with E-state index < -0.39 is 40.5 Å². The van der Waals surface area contributed by atoms with E-state index in [1.54, 1.807) is 9.80 Å². The lowest BCUT2D eigenvalue weighted by atomic mass is 10.1. The highest BCUT2D eigenvalue weighted by molar-refractivity contribution is 6.67. The average molecular weight is 469 g/mol. The second-order valence-electron chi connectivity index (χ2n) is 7.13. The van der Waals surface area contributed by atoms with Gasteiger partial charge in [-0.1, -0.05) is 6.58 Å². The number of hydrogen-bond acceptors (Lipinski definition) is 6. The van der Waals surface area contributed by atoms with Crippen LogP contribution >= 0.6 is 11.6 Å². The van der Waals surface area contributed by atoms with Crippen LogP contribution in [0.1, 0.15) is 23.8 Å². The van der Waals surface area contributed by atoms with Crippen molar-refractivity contribution in [2.75, 3.05) is 31.1 Å². The van der Waals surface area contributed by atoms with Gasteiger partial charge in [0.05, 0.1) is 18.1 Å². The van der Waals surface area contributed by atoms with E-state index in [9.17, 15) is 22.8 Å². The maximum absolute atomic E-state index is 13.8. The molecule has 0 radical (unpaired) electrons. The monoisotopic (exact) mass is 468 g/mol. The Labute approximate surface area is 187 Å². The van der Waals surface area contributed by atoms with E-state index in [4.69, 9.17) is 11.6 Å². The third kappa shape index (κ3) is 5.34. The zero-order valence-electron chi connectivity index (χ0n) is 17.1. The molecule has 0 N–H and O–H groups in total. The van der Waals surface area contributed by atoms with Crippen LogP contribution in [-0.2, 0) is 0 Å². The summed E-state index contributed by atoms with van der Waals surface area (Å²) in [6.07, 6.45) is 4.56. The van der Waals surface area contributed by atoms with Crippen molar-refractivity contribution in [1.82, 2.24) is 19.9 Å². The summed E-state index contributed by atoms with van der Waals surface area (Å²) < 4.78 is 40.3. The molecular formula is C20H20ClF3N6O2. The van der Waals surface area contributed by atoms with Crippen LogP contribution in [0.4, 0.5) is 23.9 Å². The molecule has 0 unspecified atom stereocenters. The van der Waals surface area contributed by atoms with E-state index in [0.29, 0.717) is 19.5 Å². The average Bonchev–Trinajstić information content (AvgIpc) is 3.23. The minimum atomic E-state index is -1.03. The van der Waals surface area contributed by atoms with Gasteiger partial charge < -0.3 is 9.80 Å². The Morgan fingerprint density at radius 2 is 1.91 bits per heavy atom. The number of amides is 2. The predicted octanol–water partition coefficient (Wildman–Crippen LogP) is 3.58. The third-order valence-corrected chi connectivity index (χ3v) is 5.04. The van der Waals surface area contributed by atoms with Gasteiger partial charge in [0.2, 0.25) is 5.95 Å². The zero-order valence-corrected chi connectivity index (χ0v) is 17.9. The van der Waals surface area contributed by atoms with Crippen LogP contribution < -0.4 is 4.90 Å². The molecule has 1 saturated heterocycles. The van der Waals surface area contributed by atoms with Crippen LogP contribution in [-0.4, -0.2) is 69.6 Å². The SMILES string of the molecule is C=C(/C=C(F)\C=C(/C)F)[C@@H]1CC=NN1C(=O)N1CCN(c2ncc(F)c(C(=O)Cl)n2)CC1. The fourth-order valence-corrected chi connectivity index (χ4v) is 3.43. The second-order valence-corrected chi connectivity index (χ2v) is 7.47. The number of nitrogens with zero attached hydrogens (tertiary/aromatic N) is 6. The molecule has 2 amide bonds. The predicted molar refractivity (Wildman–Crippen MR) is 113 cm³/mol. The van der Waals surface area contributed by atoms with Crippen LogP contribution in [0.3, 0.4) is 0 Å². The van der Waals surface area contributed by atoms with Gasteiger partial charge in [-0.25, -0.2) is 32.9 Å². The molecule has 2 aliphatic heterocycles. The molecule has 3 rings (SSSR count). The van der Waals surface area contributed by atoms with Gasteiger partial charge >= 0.3 is 6.03 Å². The van der Waals surface area contributed by atoms with Crippen LogP contribution in [0.25, 0.3) is 0 Å². The summed E-state index contributed by atoms with van der Waals surface area (Å²) in [6, 6.07) is -0.982. The minimum Gasteiger partial charge on any atom is -0.337 e. The number of allylic oxidation sites excluding steroid dienone is 3. The number of halogens is 4. The maximum Gasteiger partial charge on any atom is 0.341 e. The molecule has 12 heteroatoms. The smallest absolute Gasteiger partial charge is 0.337 e. The topological polar surface area (TPSA) is 82.0 Å². The fourth-order valence-electron chi connectivity index (χ4n) is 3.30. The van der Waals surface area contributed by atoms with Crippen molar-refractivity contribution in [1.29, 1.82) is 0 Å². The Balaban J connectivity index is 1.64. The van der Waals surface area contributed by atoms with E-state index in [2.05, 4.69) is 21.6 Å². The summed E-state index contributed by atoms with van der Waals surface area (Å²) in [5.74, 6) is -2.28. The largest absolute Gasteiger partial charge is 0.341 e. The van der Waals surface area contributed by atoms with Crippen molar-refractivity contribution >= 4 is 35.0 Å². The second kappa shape index (κ2) is 9.94. The zero-order chi connectivity index (χ0) is 23.4. The summed E-state index contributed by atoms with van der Waals surface area (Å²) in [6.45, 7) is 6.12. The first kappa shape index (κ1) is 23.5. The van der Waals surface area contributed by atoms with Gasteiger partial charge in [-0.3, -0.25) is 4.79 Å². The van der Waals surface area contributed by atoms with E-state index in [0.717, 1.165) is 25.3 Å². The lowest BCUT2D eigenvalue weighted by Crippen LogP contribution is -2.53. The number of hydrogen-bond donors (Lipinski definition) is 0. The highest BCUT2D eigenvalue weighted by Gasteiger charge is 2.33. The number of carbonyl (C=O) groups is 2. The molecule has 0 saturated carbocycles. The highest BCUT2D eigenvalue weighted by atomic mass is 35.5. The van der Waals surface area contributed by atoms with Crippen molar-refractivity contribution in [2.45, 2.75) is 19.4 Å². The van der Waals surface area contributed by atoms with Crippen LogP contribution in [0.5, 0.6) is 0 Å². The minimum absolute atomic E-state index is 0.129. The number of urea groups is 1. The summed E-state index contributed by atoms with van der Waals surface area (Å²) in [5, 5.41) is 4.27. The molecule has 1 aromatic rings. The molecule has 1 fully saturated rings. The van der Waals surface area contributed by atoms with Gasteiger partial charge in [0.15, 0.2) is 11.5 Å². The molecule has 1 atom stereocenters. The fraction of sp³-hybridized carbons (Fsp3) is 0.350. The lowest BCUT2D eigenvalue weighted by Gasteiger charge is -2.37. The number of anilines is 1. The molecule has 32 heavy (non-hydrogen) atoms. The Kier molecular flexibility index (Phi) is 7.29. The Morgan fingerprint density at radius 1 is 1.22 bits per heavy atom. The summed E-state index contributed by atoms with van der Waals surface area (Å²) in [4.78, 5) is 35.2. The molecule has 0 aliphatic carbocycles. The number of piperazine rings is 1. The van der Waals surface area contributed by atoms with Gasteiger partial charge in [0.1, 0.15) is 5.83 Å². The quantitative estimate of drug-likeness (QED) is 0.487. The Hall–Kier alpha value is -3.21. The third-order valence-electron chi connectivity index (χ3n) is 4.86. The Morgan fingerprint density at radius 3 is 2.53 bits per heavy atom. The lowest BCUT2D eigenvalue weighted by molar-refractivity contribution is 0.107.